The first-order valence-electron chi connectivity index (χ1n) is 9.44. The molecule has 2 saturated heterocycles. The molecular weight excluding hydrogens is 356 g/mol. The highest BCUT2D eigenvalue weighted by atomic mass is 16.5. The molecule has 4 rings (SSSR count). The number of hydrogen-bond acceptors (Lipinski definition) is 7. The largest absolute Gasteiger partial charge is 0.378 e. The van der Waals surface area contributed by atoms with E-state index in [1.807, 2.05) is 4.90 Å². The number of nitriles is 1. The van der Waals surface area contributed by atoms with E-state index in [1.165, 1.54) is 0 Å². The number of carbonyl (C=O) groups excluding carboxylic acids is 1. The summed E-state index contributed by atoms with van der Waals surface area (Å²) in [5.41, 5.74) is 2.21. The van der Waals surface area contributed by atoms with E-state index in [0.717, 1.165) is 37.7 Å². The Balaban J connectivity index is 1.38. The monoisotopic (exact) mass is 378 g/mol. The van der Waals surface area contributed by atoms with Crippen molar-refractivity contribution in [2.24, 2.45) is 0 Å². The minimum atomic E-state index is 0.00555. The lowest BCUT2D eigenvalue weighted by molar-refractivity contribution is 0.0747. The molecule has 3 heterocycles. The summed E-state index contributed by atoms with van der Waals surface area (Å²) < 4.78 is 5.40. The van der Waals surface area contributed by atoms with E-state index in [9.17, 15) is 4.79 Å². The molecule has 2 aromatic rings. The molecule has 2 aliphatic heterocycles. The van der Waals surface area contributed by atoms with Gasteiger partial charge in [-0.1, -0.05) is 0 Å². The number of anilines is 2. The van der Waals surface area contributed by atoms with Crippen LogP contribution in [0.2, 0.25) is 0 Å². The maximum absolute atomic E-state index is 12.7. The predicted octanol–water partition coefficient (Wildman–Crippen LogP) is 1.15. The van der Waals surface area contributed by atoms with E-state index in [4.69, 9.17) is 10.00 Å². The van der Waals surface area contributed by atoms with E-state index in [2.05, 4.69) is 32.1 Å². The fraction of sp³-hybridized carbons (Fsp3) is 0.400. The third-order valence-corrected chi connectivity index (χ3v) is 5.16. The molecule has 0 N–H and O–H groups in total. The van der Waals surface area contributed by atoms with Crippen molar-refractivity contribution in [2.75, 3.05) is 62.3 Å². The zero-order valence-electron chi connectivity index (χ0n) is 15.6. The Bertz CT molecular complexity index is 865. The van der Waals surface area contributed by atoms with Crippen LogP contribution in [0.15, 0.2) is 36.5 Å². The Morgan fingerprint density at radius 3 is 2.39 bits per heavy atom. The van der Waals surface area contributed by atoms with Crippen molar-refractivity contribution in [3.05, 3.63) is 47.7 Å². The van der Waals surface area contributed by atoms with Gasteiger partial charge in [0.05, 0.1) is 36.7 Å². The fourth-order valence-electron chi connectivity index (χ4n) is 3.50. The summed E-state index contributed by atoms with van der Waals surface area (Å²) in [6, 6.07) is 10.9. The molecule has 144 valence electrons. The second-order valence-electron chi connectivity index (χ2n) is 6.84. The SMILES string of the molecule is N#Cc1ccc(C(=O)N2CCN(c3cnnc(N4CCOCC4)c3)CC2)cc1. The van der Waals surface area contributed by atoms with Gasteiger partial charge in [0, 0.05) is 50.9 Å². The molecule has 0 aliphatic carbocycles. The summed E-state index contributed by atoms with van der Waals surface area (Å²) in [7, 11) is 0. The van der Waals surface area contributed by atoms with Crippen molar-refractivity contribution in [1.82, 2.24) is 15.1 Å². The molecule has 0 unspecified atom stereocenters. The van der Waals surface area contributed by atoms with Crippen molar-refractivity contribution in [1.29, 1.82) is 5.26 Å². The van der Waals surface area contributed by atoms with Crippen LogP contribution in [0.5, 0.6) is 0 Å². The minimum Gasteiger partial charge on any atom is -0.378 e. The van der Waals surface area contributed by atoms with Crippen LogP contribution in [0.4, 0.5) is 11.5 Å². The highest BCUT2D eigenvalue weighted by Crippen LogP contribution is 2.21. The third kappa shape index (κ3) is 3.89. The Morgan fingerprint density at radius 1 is 1.00 bits per heavy atom. The highest BCUT2D eigenvalue weighted by Gasteiger charge is 2.23. The van der Waals surface area contributed by atoms with E-state index in [1.54, 1.807) is 30.5 Å². The molecule has 1 amide bonds. The Hall–Kier alpha value is -3.18. The molecule has 8 heteroatoms. The minimum absolute atomic E-state index is 0.00555. The van der Waals surface area contributed by atoms with Crippen LogP contribution in [-0.2, 0) is 4.74 Å². The first-order chi connectivity index (χ1) is 13.7. The second-order valence-corrected chi connectivity index (χ2v) is 6.84. The topological polar surface area (TPSA) is 85.6 Å². The molecule has 2 aliphatic rings. The average Bonchev–Trinajstić information content (AvgIpc) is 2.79. The normalized spacial score (nSPS) is 17.3. The maximum Gasteiger partial charge on any atom is 0.253 e. The zero-order chi connectivity index (χ0) is 19.3. The van der Waals surface area contributed by atoms with Crippen LogP contribution in [-0.4, -0.2) is 73.5 Å². The summed E-state index contributed by atoms with van der Waals surface area (Å²) in [5.74, 6) is 0.878. The predicted molar refractivity (Wildman–Crippen MR) is 104 cm³/mol. The number of hydrogen-bond donors (Lipinski definition) is 0. The first-order valence-corrected chi connectivity index (χ1v) is 9.44. The fourth-order valence-corrected chi connectivity index (χ4v) is 3.50. The summed E-state index contributed by atoms with van der Waals surface area (Å²) >= 11 is 0. The molecular formula is C20H22N6O2. The molecule has 0 bridgehead atoms. The summed E-state index contributed by atoms with van der Waals surface area (Å²) in [5, 5.41) is 17.3. The van der Waals surface area contributed by atoms with E-state index < -0.39 is 0 Å². The van der Waals surface area contributed by atoms with Crippen LogP contribution in [0.1, 0.15) is 15.9 Å². The molecule has 28 heavy (non-hydrogen) atoms. The molecule has 0 radical (unpaired) electrons. The zero-order valence-corrected chi connectivity index (χ0v) is 15.6. The molecule has 8 nitrogen and oxygen atoms in total. The Labute approximate surface area is 163 Å². The number of piperazine rings is 1. The van der Waals surface area contributed by atoms with Gasteiger partial charge in [0.15, 0.2) is 5.82 Å². The molecule has 1 aromatic carbocycles. The number of nitrogens with zero attached hydrogens (tertiary/aromatic N) is 6. The first kappa shape index (κ1) is 18.2. The van der Waals surface area contributed by atoms with Gasteiger partial charge in [-0.3, -0.25) is 4.79 Å². The van der Waals surface area contributed by atoms with Crippen LogP contribution in [0, 0.1) is 11.3 Å². The standard InChI is InChI=1S/C20H22N6O2/c21-14-16-1-3-17(4-2-16)20(27)26-7-5-24(6-8-26)18-13-19(23-22-15-18)25-9-11-28-12-10-25/h1-4,13,15H,5-12H2. The van der Waals surface area contributed by atoms with Gasteiger partial charge in [-0.05, 0) is 24.3 Å². The smallest absolute Gasteiger partial charge is 0.253 e. The number of morpholine rings is 1. The van der Waals surface area contributed by atoms with Gasteiger partial charge in [0.25, 0.3) is 5.91 Å². The van der Waals surface area contributed by atoms with Crippen molar-refractivity contribution in [2.45, 2.75) is 0 Å². The van der Waals surface area contributed by atoms with E-state index in [-0.39, 0.29) is 5.91 Å². The molecule has 0 atom stereocenters. The Kier molecular flexibility index (Phi) is 5.35. The molecule has 2 fully saturated rings. The van der Waals surface area contributed by atoms with Gasteiger partial charge in [0.1, 0.15) is 0 Å². The summed E-state index contributed by atoms with van der Waals surface area (Å²) in [6.45, 7) is 5.86. The maximum atomic E-state index is 12.7. The highest BCUT2D eigenvalue weighted by molar-refractivity contribution is 5.94. The van der Waals surface area contributed by atoms with Crippen LogP contribution in [0.25, 0.3) is 0 Å². The van der Waals surface area contributed by atoms with Crippen molar-refractivity contribution >= 4 is 17.4 Å². The van der Waals surface area contributed by atoms with Crippen molar-refractivity contribution in [3.63, 3.8) is 0 Å². The van der Waals surface area contributed by atoms with Crippen LogP contribution >= 0.6 is 0 Å². The van der Waals surface area contributed by atoms with Gasteiger partial charge < -0.3 is 19.4 Å². The van der Waals surface area contributed by atoms with E-state index in [0.29, 0.717) is 37.4 Å². The molecule has 0 saturated carbocycles. The van der Waals surface area contributed by atoms with Crippen molar-refractivity contribution < 1.29 is 9.53 Å². The quantitative estimate of drug-likeness (QED) is 0.792. The lowest BCUT2D eigenvalue weighted by atomic mass is 10.1. The molecule has 1 aromatic heterocycles. The van der Waals surface area contributed by atoms with Crippen LogP contribution < -0.4 is 9.80 Å². The summed E-state index contributed by atoms with van der Waals surface area (Å²) in [4.78, 5) is 19.0. The lowest BCUT2D eigenvalue weighted by Gasteiger charge is -2.36. The summed E-state index contributed by atoms with van der Waals surface area (Å²) in [6.07, 6.45) is 1.78. The number of benzene rings is 1. The van der Waals surface area contributed by atoms with Crippen molar-refractivity contribution in [3.8, 4) is 6.07 Å². The van der Waals surface area contributed by atoms with Gasteiger partial charge in [0.2, 0.25) is 0 Å². The molecule has 0 spiro atoms. The van der Waals surface area contributed by atoms with E-state index >= 15 is 0 Å². The number of aromatic nitrogens is 2. The van der Waals surface area contributed by atoms with Gasteiger partial charge in [-0.25, -0.2) is 0 Å². The number of carbonyl (C=O) groups is 1. The van der Waals surface area contributed by atoms with Gasteiger partial charge in [-0.15, -0.1) is 5.10 Å². The lowest BCUT2D eigenvalue weighted by Crippen LogP contribution is -2.49. The van der Waals surface area contributed by atoms with Gasteiger partial charge >= 0.3 is 0 Å². The average molecular weight is 378 g/mol. The van der Waals surface area contributed by atoms with Gasteiger partial charge in [-0.2, -0.15) is 10.4 Å². The second kappa shape index (κ2) is 8.23. The number of ether oxygens (including phenoxy) is 1. The number of amides is 1. The van der Waals surface area contributed by atoms with Crippen LogP contribution in [0.3, 0.4) is 0 Å². The Morgan fingerprint density at radius 2 is 1.71 bits per heavy atom. The number of rotatable bonds is 3. The third-order valence-electron chi connectivity index (χ3n) is 5.16.